The van der Waals surface area contributed by atoms with Crippen LogP contribution in [0.2, 0.25) is 0 Å². The zero-order chi connectivity index (χ0) is 19.1. The lowest BCUT2D eigenvalue weighted by molar-refractivity contribution is -0.0587. The summed E-state index contributed by atoms with van der Waals surface area (Å²) in [4.78, 5) is 14.4. The van der Waals surface area contributed by atoms with E-state index in [9.17, 15) is 9.18 Å². The van der Waals surface area contributed by atoms with Gasteiger partial charge in [-0.25, -0.2) is 4.39 Å². The Balaban J connectivity index is 1.37. The zero-order valence-corrected chi connectivity index (χ0v) is 16.3. The molecule has 1 fully saturated rings. The molecule has 1 aliphatic heterocycles. The summed E-state index contributed by atoms with van der Waals surface area (Å²) in [5.74, 6) is -0.553. The largest absolute Gasteiger partial charge is 0.376 e. The van der Waals surface area contributed by atoms with E-state index in [2.05, 4.69) is 27.3 Å². The fourth-order valence-electron chi connectivity index (χ4n) is 2.82. The van der Waals surface area contributed by atoms with Crippen LogP contribution in [0, 0.1) is 5.82 Å². The van der Waals surface area contributed by atoms with Crippen molar-refractivity contribution in [2.24, 2.45) is 0 Å². The molecule has 2 aromatic rings. The average molecular weight is 393 g/mol. The second kappa shape index (κ2) is 9.87. The van der Waals surface area contributed by atoms with Crippen molar-refractivity contribution in [2.45, 2.75) is 45.4 Å². The van der Waals surface area contributed by atoms with E-state index in [1.807, 2.05) is 0 Å². The molecule has 2 heterocycles. The first-order chi connectivity index (χ1) is 13.1. The smallest absolute Gasteiger partial charge is 0.282 e. The maximum atomic E-state index is 12.9. The fourth-order valence-corrected chi connectivity index (χ4v) is 3.62. The van der Waals surface area contributed by atoms with Gasteiger partial charge in [0.2, 0.25) is 5.01 Å². The number of benzene rings is 1. The molecule has 1 aromatic carbocycles. The summed E-state index contributed by atoms with van der Waals surface area (Å²) in [5, 5.41) is 12.0. The van der Waals surface area contributed by atoms with Crippen molar-refractivity contribution >= 4 is 17.2 Å². The first-order valence-electron chi connectivity index (χ1n) is 9.33. The lowest BCUT2D eigenvalue weighted by atomic mass is 10.1. The topological polar surface area (TPSA) is 67.3 Å². The molecule has 27 heavy (non-hydrogen) atoms. The van der Waals surface area contributed by atoms with Crippen LogP contribution < -0.4 is 5.32 Å². The number of carbonyl (C=O) groups excluding carboxylic acids is 1. The number of unbranched alkanes of at least 4 members (excludes halogenated alkanes) is 2. The van der Waals surface area contributed by atoms with E-state index in [0.717, 1.165) is 36.7 Å². The number of nitrogens with zero attached hydrogens (tertiary/aromatic N) is 3. The standard InChI is InChI=1S/C19H25FN4O2S/c1-2-3-4-9-26-16-11-24(12-16)13-17-22-23-19(27-17)18(25)21-10-14-5-7-15(20)8-6-14/h5-8,16H,2-4,9-13H2,1H3,(H,21,25). The molecular formula is C19H25FN4O2S. The number of amides is 1. The minimum Gasteiger partial charge on any atom is -0.376 e. The van der Waals surface area contributed by atoms with Crippen LogP contribution in [-0.2, 0) is 17.8 Å². The van der Waals surface area contributed by atoms with Gasteiger partial charge < -0.3 is 10.1 Å². The van der Waals surface area contributed by atoms with Gasteiger partial charge in [0.15, 0.2) is 0 Å². The Kier molecular flexibility index (Phi) is 7.25. The molecule has 1 aliphatic rings. The van der Waals surface area contributed by atoms with E-state index in [4.69, 9.17) is 4.74 Å². The summed E-state index contributed by atoms with van der Waals surface area (Å²) >= 11 is 1.31. The van der Waals surface area contributed by atoms with E-state index >= 15 is 0 Å². The Morgan fingerprint density at radius 1 is 1.30 bits per heavy atom. The fraction of sp³-hybridized carbons (Fsp3) is 0.526. The summed E-state index contributed by atoms with van der Waals surface area (Å²) < 4.78 is 18.7. The third-order valence-electron chi connectivity index (χ3n) is 4.41. The number of halogens is 1. The number of nitrogens with one attached hydrogen (secondary N) is 1. The van der Waals surface area contributed by atoms with E-state index in [-0.39, 0.29) is 11.7 Å². The number of likely N-dealkylation sites (tertiary alicyclic amines) is 1. The Hall–Kier alpha value is -1.90. The van der Waals surface area contributed by atoms with E-state index in [1.165, 1.54) is 36.3 Å². The number of carbonyl (C=O) groups is 1. The molecular weight excluding hydrogens is 367 g/mol. The highest BCUT2D eigenvalue weighted by molar-refractivity contribution is 7.13. The lowest BCUT2D eigenvalue weighted by Gasteiger charge is -2.38. The van der Waals surface area contributed by atoms with Gasteiger partial charge in [0.1, 0.15) is 10.8 Å². The van der Waals surface area contributed by atoms with Crippen molar-refractivity contribution in [3.63, 3.8) is 0 Å². The van der Waals surface area contributed by atoms with Gasteiger partial charge in [-0.2, -0.15) is 0 Å². The van der Waals surface area contributed by atoms with Crippen molar-refractivity contribution in [3.8, 4) is 0 Å². The van der Waals surface area contributed by atoms with Crippen molar-refractivity contribution in [1.82, 2.24) is 20.4 Å². The molecule has 0 saturated carbocycles. The van der Waals surface area contributed by atoms with Gasteiger partial charge >= 0.3 is 0 Å². The van der Waals surface area contributed by atoms with Gasteiger partial charge in [-0.3, -0.25) is 9.69 Å². The number of ether oxygens (including phenoxy) is 1. The number of hydrogen-bond acceptors (Lipinski definition) is 6. The average Bonchev–Trinajstić information content (AvgIpc) is 3.11. The maximum Gasteiger partial charge on any atom is 0.282 e. The molecule has 146 valence electrons. The molecule has 0 unspecified atom stereocenters. The second-order valence-electron chi connectivity index (χ2n) is 6.70. The van der Waals surface area contributed by atoms with E-state index in [0.29, 0.717) is 24.2 Å². The van der Waals surface area contributed by atoms with Crippen molar-refractivity contribution in [1.29, 1.82) is 0 Å². The zero-order valence-electron chi connectivity index (χ0n) is 15.5. The van der Waals surface area contributed by atoms with E-state index in [1.54, 1.807) is 12.1 Å². The molecule has 0 spiro atoms. The molecule has 1 aromatic heterocycles. The summed E-state index contributed by atoms with van der Waals surface area (Å²) in [7, 11) is 0. The van der Waals surface area contributed by atoms with Gasteiger partial charge in [-0.15, -0.1) is 10.2 Å². The van der Waals surface area contributed by atoms with Crippen molar-refractivity contribution < 1.29 is 13.9 Å². The van der Waals surface area contributed by atoms with Gasteiger partial charge in [0, 0.05) is 26.2 Å². The molecule has 0 radical (unpaired) electrons. The number of rotatable bonds is 10. The Labute approximate surface area is 162 Å². The Morgan fingerprint density at radius 3 is 2.81 bits per heavy atom. The van der Waals surface area contributed by atoms with Crippen LogP contribution >= 0.6 is 11.3 Å². The monoisotopic (exact) mass is 392 g/mol. The van der Waals surface area contributed by atoms with Crippen LogP contribution in [0.1, 0.15) is 46.6 Å². The molecule has 1 N–H and O–H groups in total. The predicted octanol–water partition coefficient (Wildman–Crippen LogP) is 3.00. The van der Waals surface area contributed by atoms with Gasteiger partial charge in [-0.05, 0) is 24.1 Å². The molecule has 0 aliphatic carbocycles. The predicted molar refractivity (Wildman–Crippen MR) is 102 cm³/mol. The van der Waals surface area contributed by atoms with E-state index < -0.39 is 0 Å². The SMILES string of the molecule is CCCCCOC1CN(Cc2nnc(C(=O)NCc3ccc(F)cc3)s2)C1. The van der Waals surface area contributed by atoms with Gasteiger partial charge in [0.05, 0.1) is 12.6 Å². The normalized spacial score (nSPS) is 14.9. The highest BCUT2D eigenvalue weighted by Gasteiger charge is 2.28. The summed E-state index contributed by atoms with van der Waals surface area (Å²) in [6.45, 7) is 5.85. The van der Waals surface area contributed by atoms with Crippen LogP contribution in [0.4, 0.5) is 4.39 Å². The van der Waals surface area contributed by atoms with Crippen LogP contribution in [-0.4, -0.2) is 46.8 Å². The minimum absolute atomic E-state index is 0.260. The van der Waals surface area contributed by atoms with Crippen LogP contribution in [0.5, 0.6) is 0 Å². The molecule has 8 heteroatoms. The maximum absolute atomic E-state index is 12.9. The molecule has 6 nitrogen and oxygen atoms in total. The Morgan fingerprint density at radius 2 is 2.07 bits per heavy atom. The van der Waals surface area contributed by atoms with Crippen LogP contribution in [0.25, 0.3) is 0 Å². The first kappa shape index (κ1) is 19.9. The quantitative estimate of drug-likeness (QED) is 0.630. The summed E-state index contributed by atoms with van der Waals surface area (Å²) in [6, 6.07) is 6.04. The third-order valence-corrected chi connectivity index (χ3v) is 5.32. The highest BCUT2D eigenvalue weighted by Crippen LogP contribution is 2.19. The third kappa shape index (κ3) is 6.05. The summed E-state index contributed by atoms with van der Waals surface area (Å²) in [5.41, 5.74) is 0.833. The molecule has 1 amide bonds. The first-order valence-corrected chi connectivity index (χ1v) is 10.1. The van der Waals surface area contributed by atoms with Crippen LogP contribution in [0.3, 0.4) is 0 Å². The van der Waals surface area contributed by atoms with Crippen molar-refractivity contribution in [3.05, 3.63) is 45.7 Å². The van der Waals surface area contributed by atoms with Gasteiger partial charge in [0.25, 0.3) is 5.91 Å². The molecule has 0 bridgehead atoms. The minimum atomic E-state index is -0.293. The molecule has 0 atom stereocenters. The lowest BCUT2D eigenvalue weighted by Crippen LogP contribution is -2.51. The van der Waals surface area contributed by atoms with Crippen molar-refractivity contribution in [2.75, 3.05) is 19.7 Å². The highest BCUT2D eigenvalue weighted by atomic mass is 32.1. The molecule has 1 saturated heterocycles. The summed E-state index contributed by atoms with van der Waals surface area (Å²) in [6.07, 6.45) is 3.86. The van der Waals surface area contributed by atoms with Gasteiger partial charge in [-0.1, -0.05) is 43.2 Å². The number of hydrogen-bond donors (Lipinski definition) is 1. The molecule has 3 rings (SSSR count). The second-order valence-corrected chi connectivity index (χ2v) is 7.77. The van der Waals surface area contributed by atoms with Crippen LogP contribution in [0.15, 0.2) is 24.3 Å². The Bertz CT molecular complexity index is 732. The number of aromatic nitrogens is 2.